The summed E-state index contributed by atoms with van der Waals surface area (Å²) in [6, 6.07) is 19.7. The number of rotatable bonds is 6. The van der Waals surface area contributed by atoms with Gasteiger partial charge in [0.15, 0.2) is 0 Å². The first-order valence-electron chi connectivity index (χ1n) is 8.35. The highest BCUT2D eigenvalue weighted by Gasteiger charge is 2.27. The van der Waals surface area contributed by atoms with Crippen molar-refractivity contribution in [3.05, 3.63) is 86.8 Å². The number of benzene rings is 3. The average Bonchev–Trinajstić information content (AvgIpc) is 2.69. The summed E-state index contributed by atoms with van der Waals surface area (Å²) < 4.78 is 28.9. The predicted molar refractivity (Wildman–Crippen MR) is 123 cm³/mol. The third-order valence-corrected chi connectivity index (χ3v) is 7.43. The molecule has 1 N–H and O–H groups in total. The monoisotopic (exact) mass is 556 g/mol. The molecule has 3 aromatic rings. The van der Waals surface area contributed by atoms with E-state index < -0.39 is 22.5 Å². The average molecular weight is 559 g/mol. The number of halogens is 3. The maximum absolute atomic E-state index is 13.2. The third kappa shape index (κ3) is 5.39. The second-order valence-electron chi connectivity index (χ2n) is 5.98. The van der Waals surface area contributed by atoms with E-state index in [1.165, 1.54) is 12.1 Å². The molecule has 1 amide bonds. The summed E-state index contributed by atoms with van der Waals surface area (Å²) in [5, 5.41) is 3.12. The molecule has 0 aliphatic carbocycles. The number of hydrogen-bond acceptors (Lipinski definition) is 3. The molecule has 150 valence electrons. The summed E-state index contributed by atoms with van der Waals surface area (Å²) in [6.07, 6.45) is 0. The van der Waals surface area contributed by atoms with Crippen molar-refractivity contribution in [2.75, 3.05) is 16.2 Å². The van der Waals surface area contributed by atoms with Crippen molar-refractivity contribution in [2.24, 2.45) is 0 Å². The van der Waals surface area contributed by atoms with Crippen LogP contribution in [0, 0.1) is 0 Å². The van der Waals surface area contributed by atoms with Crippen molar-refractivity contribution in [1.29, 1.82) is 0 Å². The van der Waals surface area contributed by atoms with E-state index in [2.05, 4.69) is 37.2 Å². The van der Waals surface area contributed by atoms with Gasteiger partial charge in [0.2, 0.25) is 5.91 Å². The zero-order chi connectivity index (χ0) is 21.0. The molecule has 0 radical (unpaired) electrons. The fourth-order valence-electron chi connectivity index (χ4n) is 2.57. The van der Waals surface area contributed by atoms with Crippen LogP contribution in [0.4, 0.5) is 11.4 Å². The van der Waals surface area contributed by atoms with Crippen molar-refractivity contribution in [1.82, 2.24) is 0 Å². The van der Waals surface area contributed by atoms with E-state index in [4.69, 9.17) is 11.6 Å². The van der Waals surface area contributed by atoms with Crippen LogP contribution in [0.3, 0.4) is 0 Å². The fraction of sp³-hybridized carbons (Fsp3) is 0.0500. The molecule has 0 unspecified atom stereocenters. The van der Waals surface area contributed by atoms with Crippen molar-refractivity contribution in [2.45, 2.75) is 4.90 Å². The van der Waals surface area contributed by atoms with Gasteiger partial charge in [-0.15, -0.1) is 0 Å². The second kappa shape index (κ2) is 9.30. The van der Waals surface area contributed by atoms with Gasteiger partial charge in [0.1, 0.15) is 6.54 Å². The van der Waals surface area contributed by atoms with Gasteiger partial charge in [-0.25, -0.2) is 8.42 Å². The molecule has 5 nitrogen and oxygen atoms in total. The molecule has 0 heterocycles. The summed E-state index contributed by atoms with van der Waals surface area (Å²) in [7, 11) is -3.96. The normalized spacial score (nSPS) is 11.1. The lowest BCUT2D eigenvalue weighted by molar-refractivity contribution is -0.114. The third-order valence-electron chi connectivity index (χ3n) is 3.92. The van der Waals surface area contributed by atoms with Crippen LogP contribution in [0.25, 0.3) is 0 Å². The first-order valence-corrected chi connectivity index (χ1v) is 11.8. The molecule has 0 aliphatic heterocycles. The Morgan fingerprint density at radius 2 is 1.69 bits per heavy atom. The van der Waals surface area contributed by atoms with Gasteiger partial charge >= 0.3 is 0 Å². The van der Waals surface area contributed by atoms with Gasteiger partial charge in [-0.05, 0) is 64.5 Å². The highest BCUT2D eigenvalue weighted by Crippen LogP contribution is 2.28. The molecule has 0 saturated heterocycles. The summed E-state index contributed by atoms with van der Waals surface area (Å²) >= 11 is 12.7. The van der Waals surface area contributed by atoms with Crippen LogP contribution in [0.5, 0.6) is 0 Å². The molecule has 3 rings (SSSR count). The van der Waals surface area contributed by atoms with Gasteiger partial charge in [0.25, 0.3) is 10.0 Å². The predicted octanol–water partition coefficient (Wildman–Crippen LogP) is 5.70. The highest BCUT2D eigenvalue weighted by atomic mass is 79.9. The lowest BCUT2D eigenvalue weighted by atomic mass is 10.3. The second-order valence-corrected chi connectivity index (χ2v) is 10.0. The molecule has 0 atom stereocenters. The van der Waals surface area contributed by atoms with Crippen LogP contribution in [0.2, 0.25) is 5.02 Å². The Kier molecular flexibility index (Phi) is 7.00. The molecule has 0 spiro atoms. The zero-order valence-corrected chi connectivity index (χ0v) is 19.6. The Hall–Kier alpha value is -1.87. The minimum atomic E-state index is -3.96. The number of sulfonamides is 1. The Labute approximate surface area is 191 Å². The molecule has 0 aromatic heterocycles. The molecule has 0 saturated carbocycles. The maximum Gasteiger partial charge on any atom is 0.264 e. The largest absolute Gasteiger partial charge is 0.324 e. The van der Waals surface area contributed by atoms with Crippen LogP contribution in [0.1, 0.15) is 0 Å². The topological polar surface area (TPSA) is 66.5 Å². The van der Waals surface area contributed by atoms with Crippen molar-refractivity contribution < 1.29 is 13.2 Å². The number of hydrogen-bond donors (Lipinski definition) is 1. The molecule has 3 aromatic carbocycles. The Morgan fingerprint density at radius 3 is 2.34 bits per heavy atom. The SMILES string of the molecule is O=C(CN(c1cccc(Br)c1)S(=O)(=O)c1ccccc1)Nc1ccc(Br)c(Cl)c1. The number of nitrogens with zero attached hydrogens (tertiary/aromatic N) is 1. The van der Waals surface area contributed by atoms with Gasteiger partial charge in [-0.1, -0.05) is 51.8 Å². The molecule has 9 heteroatoms. The highest BCUT2D eigenvalue weighted by molar-refractivity contribution is 9.10. The number of amides is 1. The molecular weight excluding hydrogens is 544 g/mol. The number of nitrogens with one attached hydrogen (secondary N) is 1. The van der Waals surface area contributed by atoms with Crippen LogP contribution in [-0.2, 0) is 14.8 Å². The van der Waals surface area contributed by atoms with E-state index in [1.54, 1.807) is 60.7 Å². The standard InChI is InChI=1S/C20H15Br2ClN2O3S/c21-14-5-4-6-16(11-14)25(29(27,28)17-7-2-1-3-8-17)13-20(26)24-15-9-10-18(22)19(23)12-15/h1-12H,13H2,(H,24,26). The van der Waals surface area contributed by atoms with E-state index in [-0.39, 0.29) is 4.90 Å². The van der Waals surface area contributed by atoms with Gasteiger partial charge in [-0.3, -0.25) is 9.10 Å². The van der Waals surface area contributed by atoms with Crippen LogP contribution >= 0.6 is 43.5 Å². The van der Waals surface area contributed by atoms with E-state index >= 15 is 0 Å². The van der Waals surface area contributed by atoms with Crippen LogP contribution in [-0.4, -0.2) is 20.9 Å². The fourth-order valence-corrected chi connectivity index (χ4v) is 4.82. The minimum absolute atomic E-state index is 0.0967. The molecule has 0 fully saturated rings. The van der Waals surface area contributed by atoms with Crippen molar-refractivity contribution in [3.63, 3.8) is 0 Å². The van der Waals surface area contributed by atoms with Crippen molar-refractivity contribution >= 4 is 70.8 Å². The van der Waals surface area contributed by atoms with Gasteiger partial charge < -0.3 is 5.32 Å². The molecule has 0 aliphatic rings. The van der Waals surface area contributed by atoms with E-state index in [1.807, 2.05) is 0 Å². The van der Waals surface area contributed by atoms with Gasteiger partial charge in [0.05, 0.1) is 15.6 Å². The first-order chi connectivity index (χ1) is 13.8. The number of carbonyl (C=O) groups is 1. The lowest BCUT2D eigenvalue weighted by Gasteiger charge is -2.24. The Bertz CT molecular complexity index is 1140. The van der Waals surface area contributed by atoms with E-state index in [0.29, 0.717) is 25.3 Å². The quantitative estimate of drug-likeness (QED) is 0.422. The summed E-state index contributed by atoms with van der Waals surface area (Å²) in [6.45, 7) is -0.401. The summed E-state index contributed by atoms with van der Waals surface area (Å²) in [5.41, 5.74) is 0.835. The summed E-state index contributed by atoms with van der Waals surface area (Å²) in [4.78, 5) is 12.8. The zero-order valence-electron chi connectivity index (χ0n) is 14.8. The van der Waals surface area contributed by atoms with Crippen molar-refractivity contribution in [3.8, 4) is 0 Å². The number of anilines is 2. The smallest absolute Gasteiger partial charge is 0.264 e. The maximum atomic E-state index is 13.2. The number of carbonyl (C=O) groups excluding carboxylic acids is 1. The molecule has 29 heavy (non-hydrogen) atoms. The van der Waals surface area contributed by atoms with Crippen LogP contribution in [0.15, 0.2) is 86.6 Å². The van der Waals surface area contributed by atoms with Crippen LogP contribution < -0.4 is 9.62 Å². The summed E-state index contributed by atoms with van der Waals surface area (Å²) in [5.74, 6) is -0.497. The van der Waals surface area contributed by atoms with E-state index in [0.717, 1.165) is 4.31 Å². The molecule has 0 bridgehead atoms. The lowest BCUT2D eigenvalue weighted by Crippen LogP contribution is -2.38. The minimum Gasteiger partial charge on any atom is -0.324 e. The van der Waals surface area contributed by atoms with E-state index in [9.17, 15) is 13.2 Å². The van der Waals surface area contributed by atoms with Gasteiger partial charge in [-0.2, -0.15) is 0 Å². The first kappa shape index (κ1) is 21.8. The Balaban J connectivity index is 1.93. The van der Waals surface area contributed by atoms with Gasteiger partial charge in [0, 0.05) is 14.6 Å². The Morgan fingerprint density at radius 1 is 0.966 bits per heavy atom. The molecular formula is C20H15Br2ClN2O3S.